The van der Waals surface area contributed by atoms with E-state index in [1.807, 2.05) is 19.3 Å². The molecule has 0 atom stereocenters. The summed E-state index contributed by atoms with van der Waals surface area (Å²) in [7, 11) is 1.81. The quantitative estimate of drug-likeness (QED) is 0.795. The summed E-state index contributed by atoms with van der Waals surface area (Å²) in [4.78, 5) is 6.70. The fourth-order valence-corrected chi connectivity index (χ4v) is 2.08. The van der Waals surface area contributed by atoms with Gasteiger partial charge in [0.25, 0.3) is 0 Å². The van der Waals surface area contributed by atoms with Crippen molar-refractivity contribution >= 4 is 22.6 Å². The van der Waals surface area contributed by atoms with Crippen LogP contribution in [0.3, 0.4) is 0 Å². The SMILES string of the molecule is CNc1noc2cc(N3CCNCC3)cnc12. The van der Waals surface area contributed by atoms with E-state index in [-0.39, 0.29) is 0 Å². The normalized spacial score (nSPS) is 16.4. The van der Waals surface area contributed by atoms with Crippen molar-refractivity contribution in [3.63, 3.8) is 0 Å². The van der Waals surface area contributed by atoms with Gasteiger partial charge in [0.2, 0.25) is 0 Å². The van der Waals surface area contributed by atoms with E-state index in [2.05, 4.69) is 25.7 Å². The van der Waals surface area contributed by atoms with Gasteiger partial charge in [-0.2, -0.15) is 0 Å². The lowest BCUT2D eigenvalue weighted by Crippen LogP contribution is -2.43. The Morgan fingerprint density at radius 3 is 3.00 bits per heavy atom. The Morgan fingerprint density at radius 1 is 1.41 bits per heavy atom. The van der Waals surface area contributed by atoms with Gasteiger partial charge in [-0.1, -0.05) is 5.16 Å². The van der Waals surface area contributed by atoms with Crippen molar-refractivity contribution in [2.24, 2.45) is 0 Å². The zero-order chi connectivity index (χ0) is 11.7. The van der Waals surface area contributed by atoms with E-state index >= 15 is 0 Å². The van der Waals surface area contributed by atoms with E-state index < -0.39 is 0 Å². The highest BCUT2D eigenvalue weighted by atomic mass is 16.5. The Morgan fingerprint density at radius 2 is 2.24 bits per heavy atom. The van der Waals surface area contributed by atoms with Crippen LogP contribution in [0.4, 0.5) is 11.5 Å². The maximum absolute atomic E-state index is 5.25. The summed E-state index contributed by atoms with van der Waals surface area (Å²) in [5.74, 6) is 0.687. The monoisotopic (exact) mass is 233 g/mol. The molecule has 0 unspecified atom stereocenters. The Bertz CT molecular complexity index is 518. The van der Waals surface area contributed by atoms with Crippen molar-refractivity contribution in [1.29, 1.82) is 0 Å². The summed E-state index contributed by atoms with van der Waals surface area (Å²) < 4.78 is 5.25. The second-order valence-electron chi connectivity index (χ2n) is 4.06. The lowest BCUT2D eigenvalue weighted by atomic mass is 10.3. The van der Waals surface area contributed by atoms with Gasteiger partial charge < -0.3 is 20.1 Å². The predicted octanol–water partition coefficient (Wildman–Crippen LogP) is 0.674. The van der Waals surface area contributed by atoms with Gasteiger partial charge in [-0.15, -0.1) is 0 Å². The fourth-order valence-electron chi connectivity index (χ4n) is 2.08. The molecule has 0 aromatic carbocycles. The van der Waals surface area contributed by atoms with Gasteiger partial charge in [0.05, 0.1) is 11.9 Å². The summed E-state index contributed by atoms with van der Waals surface area (Å²) >= 11 is 0. The van der Waals surface area contributed by atoms with E-state index in [1.165, 1.54) is 0 Å². The smallest absolute Gasteiger partial charge is 0.195 e. The van der Waals surface area contributed by atoms with Crippen molar-refractivity contribution in [3.05, 3.63) is 12.3 Å². The van der Waals surface area contributed by atoms with Crippen molar-refractivity contribution < 1.29 is 4.52 Å². The summed E-state index contributed by atoms with van der Waals surface area (Å²) in [6, 6.07) is 2.00. The first kappa shape index (κ1) is 10.3. The number of fused-ring (bicyclic) bond motifs is 1. The second kappa shape index (κ2) is 4.21. The molecule has 1 aliphatic heterocycles. The number of nitrogens with zero attached hydrogens (tertiary/aromatic N) is 3. The van der Waals surface area contributed by atoms with Gasteiger partial charge in [-0.3, -0.25) is 0 Å². The first-order valence-corrected chi connectivity index (χ1v) is 5.77. The number of piperazine rings is 1. The Labute approximate surface area is 99.0 Å². The fraction of sp³-hybridized carbons (Fsp3) is 0.455. The molecule has 6 heteroatoms. The van der Waals surface area contributed by atoms with Crippen LogP contribution in [0.25, 0.3) is 11.1 Å². The number of hydrogen-bond donors (Lipinski definition) is 2. The molecular weight excluding hydrogens is 218 g/mol. The van der Waals surface area contributed by atoms with Crippen molar-refractivity contribution in [1.82, 2.24) is 15.5 Å². The minimum atomic E-state index is 0.687. The van der Waals surface area contributed by atoms with Gasteiger partial charge in [-0.25, -0.2) is 4.98 Å². The zero-order valence-electron chi connectivity index (χ0n) is 9.73. The van der Waals surface area contributed by atoms with Gasteiger partial charge in [-0.05, 0) is 0 Å². The van der Waals surface area contributed by atoms with Gasteiger partial charge in [0.15, 0.2) is 16.9 Å². The number of nitrogens with one attached hydrogen (secondary N) is 2. The van der Waals surface area contributed by atoms with Crippen molar-refractivity contribution in [2.45, 2.75) is 0 Å². The Kier molecular flexibility index (Phi) is 2.56. The third kappa shape index (κ3) is 1.80. The highest BCUT2D eigenvalue weighted by Gasteiger charge is 2.14. The average Bonchev–Trinajstić information content (AvgIpc) is 2.81. The molecule has 0 spiro atoms. The molecule has 2 aromatic heterocycles. The van der Waals surface area contributed by atoms with E-state index in [0.717, 1.165) is 43.0 Å². The van der Waals surface area contributed by atoms with Crippen LogP contribution in [-0.2, 0) is 0 Å². The van der Waals surface area contributed by atoms with Crippen LogP contribution in [0, 0.1) is 0 Å². The summed E-state index contributed by atoms with van der Waals surface area (Å²) in [5, 5.41) is 10.2. The van der Waals surface area contributed by atoms with Crippen molar-refractivity contribution in [3.8, 4) is 0 Å². The first-order valence-electron chi connectivity index (χ1n) is 5.77. The maximum Gasteiger partial charge on any atom is 0.195 e. The minimum absolute atomic E-state index is 0.687. The molecular formula is C11H15N5O. The summed E-state index contributed by atoms with van der Waals surface area (Å²) in [6.07, 6.45) is 1.88. The molecule has 1 fully saturated rings. The molecule has 90 valence electrons. The molecule has 6 nitrogen and oxygen atoms in total. The molecule has 0 radical (unpaired) electrons. The molecule has 0 saturated carbocycles. The number of rotatable bonds is 2. The molecule has 1 aliphatic rings. The van der Waals surface area contributed by atoms with Crippen LogP contribution in [-0.4, -0.2) is 43.4 Å². The number of pyridine rings is 1. The zero-order valence-corrected chi connectivity index (χ0v) is 9.73. The van der Waals surface area contributed by atoms with Crippen LogP contribution in [0.2, 0.25) is 0 Å². The van der Waals surface area contributed by atoms with E-state index in [1.54, 1.807) is 0 Å². The highest BCUT2D eigenvalue weighted by molar-refractivity contribution is 5.85. The summed E-state index contributed by atoms with van der Waals surface area (Å²) in [5.41, 5.74) is 2.61. The van der Waals surface area contributed by atoms with Crippen LogP contribution < -0.4 is 15.5 Å². The lowest BCUT2D eigenvalue weighted by molar-refractivity contribution is 0.459. The standard InChI is InChI=1S/C11H15N5O/c1-12-11-10-9(17-15-11)6-8(7-14-10)16-4-2-13-3-5-16/h6-7,13H,2-5H2,1H3,(H,12,15). The molecule has 17 heavy (non-hydrogen) atoms. The van der Waals surface area contributed by atoms with Crippen LogP contribution in [0.15, 0.2) is 16.8 Å². The van der Waals surface area contributed by atoms with Crippen LogP contribution in [0.1, 0.15) is 0 Å². The Hall–Kier alpha value is -1.82. The van der Waals surface area contributed by atoms with Crippen LogP contribution >= 0.6 is 0 Å². The molecule has 3 rings (SSSR count). The van der Waals surface area contributed by atoms with E-state index in [0.29, 0.717) is 5.82 Å². The average molecular weight is 233 g/mol. The summed E-state index contributed by atoms with van der Waals surface area (Å²) in [6.45, 7) is 4.02. The second-order valence-corrected chi connectivity index (χ2v) is 4.06. The third-order valence-electron chi connectivity index (χ3n) is 3.02. The molecule has 2 aromatic rings. The van der Waals surface area contributed by atoms with Crippen LogP contribution in [0.5, 0.6) is 0 Å². The topological polar surface area (TPSA) is 66.2 Å². The number of aromatic nitrogens is 2. The van der Waals surface area contributed by atoms with Gasteiger partial charge in [0.1, 0.15) is 0 Å². The molecule has 0 bridgehead atoms. The third-order valence-corrected chi connectivity index (χ3v) is 3.02. The predicted molar refractivity (Wildman–Crippen MR) is 66.4 cm³/mol. The minimum Gasteiger partial charge on any atom is -0.369 e. The number of anilines is 2. The highest BCUT2D eigenvalue weighted by Crippen LogP contribution is 2.24. The molecule has 0 amide bonds. The molecule has 2 N–H and O–H groups in total. The van der Waals surface area contributed by atoms with Gasteiger partial charge in [0, 0.05) is 39.3 Å². The number of hydrogen-bond acceptors (Lipinski definition) is 6. The largest absolute Gasteiger partial charge is 0.369 e. The molecule has 1 saturated heterocycles. The van der Waals surface area contributed by atoms with E-state index in [4.69, 9.17) is 4.52 Å². The van der Waals surface area contributed by atoms with Gasteiger partial charge >= 0.3 is 0 Å². The molecule has 0 aliphatic carbocycles. The van der Waals surface area contributed by atoms with Crippen molar-refractivity contribution in [2.75, 3.05) is 43.4 Å². The first-order chi connectivity index (χ1) is 8.38. The maximum atomic E-state index is 5.25. The van der Waals surface area contributed by atoms with E-state index in [9.17, 15) is 0 Å². The Balaban J connectivity index is 1.95. The molecule has 3 heterocycles. The lowest BCUT2D eigenvalue weighted by Gasteiger charge is -2.28.